The summed E-state index contributed by atoms with van der Waals surface area (Å²) < 4.78 is 20.6. The Morgan fingerprint density at radius 1 is 1.14 bits per heavy atom. The summed E-state index contributed by atoms with van der Waals surface area (Å²) in [5.74, 6) is 0.929. The number of hydrogen-bond acceptors (Lipinski definition) is 10. The highest BCUT2D eigenvalue weighted by Crippen LogP contribution is 2.26. The van der Waals surface area contributed by atoms with Crippen LogP contribution in [0.25, 0.3) is 0 Å². The number of rotatable bonds is 15. The Morgan fingerprint density at radius 2 is 1.84 bits per heavy atom. The minimum Gasteiger partial charge on any atom is -0.493 e. The van der Waals surface area contributed by atoms with Gasteiger partial charge in [0.05, 0.1) is 67.8 Å². The second-order valence-corrected chi connectivity index (χ2v) is 12.4. The van der Waals surface area contributed by atoms with Gasteiger partial charge in [-0.1, -0.05) is 17.7 Å². The average Bonchev–Trinajstić information content (AvgIpc) is 3.42. The molecule has 11 nitrogen and oxygen atoms in total. The van der Waals surface area contributed by atoms with Gasteiger partial charge in [-0.15, -0.1) is 0 Å². The molecule has 0 bridgehead atoms. The van der Waals surface area contributed by atoms with Crippen molar-refractivity contribution in [2.24, 2.45) is 11.3 Å². The Bertz CT molecular complexity index is 1170. The minimum absolute atomic E-state index is 0.0833. The molecule has 238 valence electrons. The van der Waals surface area contributed by atoms with Gasteiger partial charge in [0.25, 0.3) is 0 Å². The molecule has 1 unspecified atom stereocenters. The second-order valence-electron chi connectivity index (χ2n) is 11.9. The van der Waals surface area contributed by atoms with Crippen molar-refractivity contribution in [3.63, 3.8) is 0 Å². The Balaban J connectivity index is 1.15. The van der Waals surface area contributed by atoms with E-state index in [-0.39, 0.29) is 37.5 Å². The third kappa shape index (κ3) is 9.19. The number of hydrogen-bond donors (Lipinski definition) is 5. The van der Waals surface area contributed by atoms with Gasteiger partial charge in [-0.25, -0.2) is 14.4 Å². The average molecular weight is 624 g/mol. The van der Waals surface area contributed by atoms with E-state index in [0.29, 0.717) is 42.2 Å². The number of nitrogens with zero attached hydrogens (tertiary/aromatic N) is 4. The fourth-order valence-corrected chi connectivity index (χ4v) is 5.68. The van der Waals surface area contributed by atoms with E-state index in [4.69, 9.17) is 16.3 Å². The molecule has 2 fully saturated rings. The smallest absolute Gasteiger partial charge is 0.227 e. The van der Waals surface area contributed by atoms with Crippen molar-refractivity contribution >= 4 is 23.5 Å². The molecule has 0 aliphatic carbocycles. The van der Waals surface area contributed by atoms with Gasteiger partial charge >= 0.3 is 0 Å². The van der Waals surface area contributed by atoms with Gasteiger partial charge in [0.2, 0.25) is 11.9 Å². The largest absolute Gasteiger partial charge is 0.493 e. The topological polar surface area (TPSA) is 152 Å². The molecule has 2 aromatic rings. The molecule has 4 rings (SSSR count). The van der Waals surface area contributed by atoms with Crippen LogP contribution < -0.4 is 15.0 Å². The number of benzene rings is 1. The number of aliphatic hydroxyl groups is 4. The summed E-state index contributed by atoms with van der Waals surface area (Å²) in [6.07, 6.45) is 7.41. The first-order valence-corrected chi connectivity index (χ1v) is 15.2. The van der Waals surface area contributed by atoms with Crippen LogP contribution in [-0.4, -0.2) is 112 Å². The molecule has 3 heterocycles. The molecule has 43 heavy (non-hydrogen) atoms. The van der Waals surface area contributed by atoms with Gasteiger partial charge in [-0.05, 0) is 49.7 Å². The molecule has 1 aromatic carbocycles. The van der Waals surface area contributed by atoms with Gasteiger partial charge in [-0.3, -0.25) is 4.79 Å². The number of amides is 1. The molecule has 2 aliphatic heterocycles. The van der Waals surface area contributed by atoms with Crippen LogP contribution in [0.4, 0.5) is 10.3 Å². The molecule has 2 aliphatic rings. The normalized spacial score (nSPS) is 19.7. The van der Waals surface area contributed by atoms with Gasteiger partial charge in [0.15, 0.2) is 0 Å². The van der Waals surface area contributed by atoms with Gasteiger partial charge in [0, 0.05) is 38.8 Å². The van der Waals surface area contributed by atoms with E-state index >= 15 is 0 Å². The monoisotopic (exact) mass is 623 g/mol. The lowest BCUT2D eigenvalue weighted by Gasteiger charge is -2.31. The molecule has 1 aromatic heterocycles. The Morgan fingerprint density at radius 3 is 2.49 bits per heavy atom. The van der Waals surface area contributed by atoms with Crippen LogP contribution in [0, 0.1) is 17.2 Å². The first-order chi connectivity index (χ1) is 20.7. The Kier molecular flexibility index (Phi) is 11.9. The summed E-state index contributed by atoms with van der Waals surface area (Å²) in [6.45, 7) is 1.69. The predicted octanol–water partition coefficient (Wildman–Crippen LogP) is 1.40. The van der Waals surface area contributed by atoms with Crippen LogP contribution in [0.3, 0.4) is 0 Å². The first kappa shape index (κ1) is 33.3. The maximum absolute atomic E-state index is 14.8. The van der Waals surface area contributed by atoms with Crippen molar-refractivity contribution < 1.29 is 34.3 Å². The van der Waals surface area contributed by atoms with E-state index in [0.717, 1.165) is 38.8 Å². The van der Waals surface area contributed by atoms with Crippen LogP contribution in [0.2, 0.25) is 5.02 Å². The van der Waals surface area contributed by atoms with Gasteiger partial charge in [0.1, 0.15) is 11.6 Å². The van der Waals surface area contributed by atoms with Gasteiger partial charge in [-0.2, -0.15) is 0 Å². The van der Waals surface area contributed by atoms with Crippen LogP contribution in [0.1, 0.15) is 37.7 Å². The summed E-state index contributed by atoms with van der Waals surface area (Å²) >= 11 is 5.87. The fourth-order valence-electron chi connectivity index (χ4n) is 5.58. The molecular formula is C30H43ClFN5O6. The number of carbonyl (C=O) groups excluding carboxylic acids is 1. The van der Waals surface area contributed by atoms with Crippen molar-refractivity contribution in [2.45, 2.75) is 44.1 Å². The number of anilines is 1. The lowest BCUT2D eigenvalue weighted by Crippen LogP contribution is -2.49. The summed E-state index contributed by atoms with van der Waals surface area (Å²) in [5.41, 5.74) is -2.02. The van der Waals surface area contributed by atoms with Crippen LogP contribution in [-0.2, 0) is 11.2 Å². The number of aliphatic hydroxyl groups excluding tert-OH is 3. The number of piperidine rings is 1. The molecule has 1 atom stereocenters. The SMILES string of the molecule is O=C(Cc1ccc(OCCCC2CCN(c3ncc(Cl)cn3)CC2)cc1F)N1CCC(O)(CNCC(CO)(CO)CO)C1. The highest BCUT2D eigenvalue weighted by molar-refractivity contribution is 6.30. The zero-order chi connectivity index (χ0) is 30.9. The first-order valence-electron chi connectivity index (χ1n) is 14.9. The van der Waals surface area contributed by atoms with E-state index in [2.05, 4.69) is 20.2 Å². The minimum atomic E-state index is -1.19. The molecule has 1 amide bonds. The molecule has 13 heteroatoms. The number of likely N-dealkylation sites (tertiary alicyclic amines) is 1. The molecule has 0 spiro atoms. The highest BCUT2D eigenvalue weighted by Gasteiger charge is 2.39. The summed E-state index contributed by atoms with van der Waals surface area (Å²) in [6, 6.07) is 4.56. The van der Waals surface area contributed by atoms with E-state index in [1.807, 2.05) is 0 Å². The number of nitrogens with one attached hydrogen (secondary N) is 1. The number of β-amino-alcohol motifs (C(OH)–C–C–N with tert-alkyl or cyclic N) is 1. The molecule has 0 radical (unpaired) electrons. The number of ether oxygens (including phenoxy) is 1. The third-order valence-electron chi connectivity index (χ3n) is 8.54. The van der Waals surface area contributed by atoms with Crippen LogP contribution in [0.5, 0.6) is 5.75 Å². The van der Waals surface area contributed by atoms with Gasteiger partial charge < -0.3 is 40.3 Å². The van der Waals surface area contributed by atoms with Crippen molar-refractivity contribution in [3.8, 4) is 5.75 Å². The maximum atomic E-state index is 14.8. The maximum Gasteiger partial charge on any atom is 0.227 e. The van der Waals surface area contributed by atoms with Crippen molar-refractivity contribution in [2.75, 3.05) is 70.6 Å². The Labute approximate surface area is 256 Å². The van der Waals surface area contributed by atoms with E-state index < -0.39 is 36.7 Å². The zero-order valence-electron chi connectivity index (χ0n) is 24.4. The second kappa shape index (κ2) is 15.4. The van der Waals surface area contributed by atoms with Crippen molar-refractivity contribution in [3.05, 3.63) is 47.0 Å². The van der Waals surface area contributed by atoms with E-state index in [9.17, 15) is 29.6 Å². The quantitative estimate of drug-likeness (QED) is 0.184. The molecule has 2 saturated heterocycles. The number of aromatic nitrogens is 2. The fraction of sp³-hybridized carbons (Fsp3) is 0.633. The number of carbonyl (C=O) groups is 1. The predicted molar refractivity (Wildman–Crippen MR) is 160 cm³/mol. The zero-order valence-corrected chi connectivity index (χ0v) is 25.2. The third-order valence-corrected chi connectivity index (χ3v) is 8.74. The lowest BCUT2D eigenvalue weighted by molar-refractivity contribution is -0.130. The Hall–Kier alpha value is -2.61. The van der Waals surface area contributed by atoms with E-state index in [1.165, 1.54) is 11.0 Å². The van der Waals surface area contributed by atoms with E-state index in [1.54, 1.807) is 24.5 Å². The summed E-state index contributed by atoms with van der Waals surface area (Å²) in [7, 11) is 0. The van der Waals surface area contributed by atoms with Crippen molar-refractivity contribution in [1.29, 1.82) is 0 Å². The standard InChI is InChI=1S/C30H43ClFN5O6/c31-24-14-34-28(35-15-24)36-8-5-22(6-9-36)2-1-11-43-25-4-3-23(26(32)13-25)12-27(41)37-10-7-30(42,18-37)17-33-16-29(19-38,20-39)21-40/h3-4,13-15,22,33,38-40,42H,1-2,5-12,16-21H2. The summed E-state index contributed by atoms with van der Waals surface area (Å²) in [5, 5.41) is 42.8. The number of halogens is 2. The highest BCUT2D eigenvalue weighted by atomic mass is 35.5. The van der Waals surface area contributed by atoms with Crippen molar-refractivity contribution in [1.82, 2.24) is 20.2 Å². The lowest BCUT2D eigenvalue weighted by atomic mass is 9.91. The molecule has 5 N–H and O–H groups in total. The molecular weight excluding hydrogens is 581 g/mol. The molecule has 0 saturated carbocycles. The van der Waals surface area contributed by atoms with Crippen LogP contribution >= 0.6 is 11.6 Å². The van der Waals surface area contributed by atoms with Crippen LogP contribution in [0.15, 0.2) is 30.6 Å². The summed E-state index contributed by atoms with van der Waals surface area (Å²) in [4.78, 5) is 25.1.